The van der Waals surface area contributed by atoms with Gasteiger partial charge in [-0.2, -0.15) is 0 Å². The first-order valence-corrected chi connectivity index (χ1v) is 9.10. The minimum atomic E-state index is -1.02. The highest BCUT2D eigenvalue weighted by Gasteiger charge is 2.19. The molecule has 0 spiro atoms. The van der Waals surface area contributed by atoms with Crippen molar-refractivity contribution in [3.8, 4) is 11.5 Å². The maximum Gasteiger partial charge on any atom is 0.347 e. The Morgan fingerprint density at radius 3 is 2.70 bits per heavy atom. The number of aryl methyl sites for hydroxylation is 1. The number of carbonyl (C=O) groups is 2. The van der Waals surface area contributed by atoms with Crippen molar-refractivity contribution in [2.75, 3.05) is 13.7 Å². The molecule has 2 aromatic rings. The minimum Gasteiger partial charge on any atom is -0.493 e. The van der Waals surface area contributed by atoms with E-state index < -0.39 is 12.0 Å². The number of nitrogens with zero attached hydrogens (tertiary/aromatic N) is 1. The van der Waals surface area contributed by atoms with Crippen molar-refractivity contribution < 1.29 is 24.2 Å². The highest BCUT2D eigenvalue weighted by Crippen LogP contribution is 2.28. The van der Waals surface area contributed by atoms with E-state index in [0.29, 0.717) is 22.2 Å². The lowest BCUT2D eigenvalue weighted by atomic mass is 10.2. The second-order valence-corrected chi connectivity index (χ2v) is 6.79. The number of carboxylic acid groups (broad SMARTS) is 1. The molecule has 0 bridgehead atoms. The second-order valence-electron chi connectivity index (χ2n) is 5.76. The van der Waals surface area contributed by atoms with Gasteiger partial charge in [0, 0.05) is 0 Å². The van der Waals surface area contributed by atoms with Crippen LogP contribution in [0.25, 0.3) is 6.08 Å². The van der Waals surface area contributed by atoms with Crippen molar-refractivity contribution in [3.63, 3.8) is 0 Å². The van der Waals surface area contributed by atoms with E-state index in [2.05, 4.69) is 10.3 Å². The van der Waals surface area contributed by atoms with Gasteiger partial charge in [0.15, 0.2) is 18.1 Å². The summed E-state index contributed by atoms with van der Waals surface area (Å²) >= 11 is 1.05. The van der Waals surface area contributed by atoms with Crippen LogP contribution in [0.4, 0.5) is 0 Å². The Hall–Kier alpha value is -2.87. The van der Waals surface area contributed by atoms with Crippen LogP contribution in [0.3, 0.4) is 0 Å². The zero-order chi connectivity index (χ0) is 20.0. The standard InChI is InChI=1S/C19H22N2O5S/c1-5-6-13-7-8-14(15(9-13)25-4)26-10-16(22)20-12(3)18-21-11(2)17(27-18)19(23)24/h5-9,12H,10H2,1-4H3,(H,20,22)(H,23,24)/b6-5+. The summed E-state index contributed by atoms with van der Waals surface area (Å²) in [7, 11) is 1.54. The molecule has 1 amide bonds. The molecule has 2 rings (SSSR count). The topological polar surface area (TPSA) is 97.8 Å². The predicted octanol–water partition coefficient (Wildman–Crippen LogP) is 3.45. The number of carboxylic acids is 1. The van der Waals surface area contributed by atoms with E-state index >= 15 is 0 Å². The van der Waals surface area contributed by atoms with Gasteiger partial charge in [0.25, 0.3) is 5.91 Å². The van der Waals surface area contributed by atoms with Crippen LogP contribution in [0.2, 0.25) is 0 Å². The maximum atomic E-state index is 12.2. The number of allylic oxidation sites excluding steroid dienone is 1. The summed E-state index contributed by atoms with van der Waals surface area (Å²) in [6, 6.07) is 5.01. The fourth-order valence-corrected chi connectivity index (χ4v) is 3.30. The van der Waals surface area contributed by atoms with Crippen molar-refractivity contribution >= 4 is 29.3 Å². The van der Waals surface area contributed by atoms with Gasteiger partial charge in [-0.3, -0.25) is 4.79 Å². The third kappa shape index (κ3) is 5.30. The molecule has 27 heavy (non-hydrogen) atoms. The van der Waals surface area contributed by atoms with Gasteiger partial charge in [0.05, 0.1) is 18.8 Å². The van der Waals surface area contributed by atoms with E-state index in [1.807, 2.05) is 31.2 Å². The van der Waals surface area contributed by atoms with Gasteiger partial charge in [-0.05, 0) is 38.5 Å². The van der Waals surface area contributed by atoms with Crippen LogP contribution in [-0.4, -0.2) is 35.7 Å². The highest BCUT2D eigenvalue weighted by atomic mass is 32.1. The first kappa shape index (κ1) is 20.4. The Morgan fingerprint density at radius 2 is 2.11 bits per heavy atom. The zero-order valence-corrected chi connectivity index (χ0v) is 16.4. The molecule has 1 atom stereocenters. The average molecular weight is 390 g/mol. The molecule has 0 aliphatic rings. The number of rotatable bonds is 8. The average Bonchev–Trinajstić information content (AvgIpc) is 3.03. The number of nitrogens with one attached hydrogen (secondary N) is 1. The van der Waals surface area contributed by atoms with E-state index in [9.17, 15) is 9.59 Å². The van der Waals surface area contributed by atoms with Crippen molar-refractivity contribution in [1.29, 1.82) is 0 Å². The van der Waals surface area contributed by atoms with Gasteiger partial charge >= 0.3 is 5.97 Å². The van der Waals surface area contributed by atoms with Gasteiger partial charge in [-0.25, -0.2) is 9.78 Å². The molecule has 7 nitrogen and oxygen atoms in total. The lowest BCUT2D eigenvalue weighted by Gasteiger charge is -2.14. The van der Waals surface area contributed by atoms with Crippen molar-refractivity contribution in [3.05, 3.63) is 45.4 Å². The van der Waals surface area contributed by atoms with Gasteiger partial charge in [0.1, 0.15) is 9.88 Å². The normalized spacial score (nSPS) is 12.0. The van der Waals surface area contributed by atoms with E-state index in [0.717, 1.165) is 16.9 Å². The largest absolute Gasteiger partial charge is 0.493 e. The number of aromatic carboxylic acids is 1. The summed E-state index contributed by atoms with van der Waals surface area (Å²) in [5.41, 5.74) is 1.40. The van der Waals surface area contributed by atoms with E-state index in [4.69, 9.17) is 14.6 Å². The van der Waals surface area contributed by atoms with Gasteiger partial charge in [-0.15, -0.1) is 11.3 Å². The van der Waals surface area contributed by atoms with Crippen LogP contribution in [-0.2, 0) is 4.79 Å². The molecule has 8 heteroatoms. The molecule has 0 saturated carbocycles. The van der Waals surface area contributed by atoms with Gasteiger partial charge < -0.3 is 19.9 Å². The van der Waals surface area contributed by atoms with Crippen molar-refractivity contribution in [1.82, 2.24) is 10.3 Å². The summed E-state index contributed by atoms with van der Waals surface area (Å²) in [6.07, 6.45) is 3.85. The lowest BCUT2D eigenvalue weighted by molar-refractivity contribution is -0.123. The molecule has 0 aliphatic carbocycles. The minimum absolute atomic E-state index is 0.174. The number of benzene rings is 1. The van der Waals surface area contributed by atoms with Gasteiger partial charge in [0.2, 0.25) is 0 Å². The SMILES string of the molecule is C/C=C/c1ccc(OCC(=O)NC(C)c2nc(C)c(C(=O)O)s2)c(OC)c1. The highest BCUT2D eigenvalue weighted by molar-refractivity contribution is 7.13. The van der Waals surface area contributed by atoms with Crippen LogP contribution >= 0.6 is 11.3 Å². The Morgan fingerprint density at radius 1 is 1.37 bits per heavy atom. The number of carbonyl (C=O) groups excluding carboxylic acids is 1. The molecule has 1 aromatic heterocycles. The number of hydrogen-bond donors (Lipinski definition) is 2. The van der Waals surface area contributed by atoms with Crippen LogP contribution in [0.1, 0.15) is 45.8 Å². The molecule has 1 unspecified atom stereocenters. The Kier molecular flexibility index (Phi) is 6.95. The smallest absolute Gasteiger partial charge is 0.347 e. The number of thiazole rings is 1. The zero-order valence-electron chi connectivity index (χ0n) is 15.6. The molecule has 0 fully saturated rings. The number of amides is 1. The predicted molar refractivity (Wildman–Crippen MR) is 104 cm³/mol. The molecular weight excluding hydrogens is 368 g/mol. The van der Waals surface area contributed by atoms with Crippen LogP contribution in [0.15, 0.2) is 24.3 Å². The lowest BCUT2D eigenvalue weighted by Crippen LogP contribution is -2.31. The summed E-state index contributed by atoms with van der Waals surface area (Å²) in [5.74, 6) is -0.363. The summed E-state index contributed by atoms with van der Waals surface area (Å²) < 4.78 is 10.9. The molecule has 0 saturated heterocycles. The van der Waals surface area contributed by atoms with E-state index in [1.54, 1.807) is 19.9 Å². The molecule has 2 N–H and O–H groups in total. The fraction of sp³-hybridized carbons (Fsp3) is 0.316. The second kappa shape index (κ2) is 9.18. The van der Waals surface area contributed by atoms with E-state index in [-0.39, 0.29) is 17.4 Å². The summed E-state index contributed by atoms with van der Waals surface area (Å²) in [4.78, 5) is 27.7. The van der Waals surface area contributed by atoms with Crippen molar-refractivity contribution in [2.45, 2.75) is 26.8 Å². The quantitative estimate of drug-likeness (QED) is 0.716. The number of ether oxygens (including phenoxy) is 2. The summed E-state index contributed by atoms with van der Waals surface area (Å²) in [6.45, 7) is 5.10. The molecule has 1 heterocycles. The van der Waals surface area contributed by atoms with Gasteiger partial charge in [-0.1, -0.05) is 18.2 Å². The summed E-state index contributed by atoms with van der Waals surface area (Å²) in [5, 5.41) is 12.4. The molecular formula is C19H22N2O5S. The Bertz CT molecular complexity index is 860. The molecule has 0 aliphatic heterocycles. The number of aromatic nitrogens is 1. The monoisotopic (exact) mass is 390 g/mol. The fourth-order valence-electron chi connectivity index (χ4n) is 2.39. The van der Waals surface area contributed by atoms with Crippen LogP contribution < -0.4 is 14.8 Å². The third-order valence-electron chi connectivity index (χ3n) is 3.66. The molecule has 0 radical (unpaired) electrons. The first-order chi connectivity index (χ1) is 12.8. The number of hydrogen-bond acceptors (Lipinski definition) is 6. The first-order valence-electron chi connectivity index (χ1n) is 8.29. The Balaban J connectivity index is 1.98. The van der Waals surface area contributed by atoms with Crippen molar-refractivity contribution in [2.24, 2.45) is 0 Å². The van der Waals surface area contributed by atoms with E-state index in [1.165, 1.54) is 7.11 Å². The maximum absolute atomic E-state index is 12.2. The van der Waals surface area contributed by atoms with Crippen LogP contribution in [0.5, 0.6) is 11.5 Å². The van der Waals surface area contributed by atoms with Crippen LogP contribution in [0, 0.1) is 6.92 Å². The number of methoxy groups -OCH3 is 1. The Labute approximate surface area is 161 Å². The molecule has 144 valence electrons. The third-order valence-corrected chi connectivity index (χ3v) is 4.99. The molecule has 1 aromatic carbocycles.